The zero-order valence-electron chi connectivity index (χ0n) is 13.3. The zero-order valence-corrected chi connectivity index (χ0v) is 14.2. The molecule has 0 spiro atoms. The van der Waals surface area contributed by atoms with E-state index in [4.69, 9.17) is 5.73 Å². The summed E-state index contributed by atoms with van der Waals surface area (Å²) in [6.07, 6.45) is 0. The van der Waals surface area contributed by atoms with Gasteiger partial charge in [0.05, 0.1) is 11.7 Å². The van der Waals surface area contributed by atoms with Crippen molar-refractivity contribution < 1.29 is 4.79 Å². The molecule has 120 valence electrons. The number of hydrogen-bond donors (Lipinski definition) is 3. The lowest BCUT2D eigenvalue weighted by molar-refractivity contribution is 0.249. The van der Waals surface area contributed by atoms with Crippen LogP contribution in [-0.4, -0.2) is 26.0 Å². The van der Waals surface area contributed by atoms with Crippen molar-refractivity contribution in [3.63, 3.8) is 0 Å². The molecule has 0 unspecified atom stereocenters. The van der Waals surface area contributed by atoms with Gasteiger partial charge in [0.25, 0.3) is 0 Å². The third-order valence-electron chi connectivity index (χ3n) is 3.06. The minimum atomic E-state index is -0.329. The monoisotopic (exact) mass is 323 g/mol. The van der Waals surface area contributed by atoms with E-state index in [1.54, 1.807) is 11.7 Å². The van der Waals surface area contributed by atoms with Crippen molar-refractivity contribution in [1.29, 1.82) is 0 Å². The Kier molecular flexibility index (Phi) is 4.36. The third-order valence-corrected chi connectivity index (χ3v) is 4.00. The molecule has 2 amide bonds. The Morgan fingerprint density at radius 3 is 2.59 bits per heavy atom. The van der Waals surface area contributed by atoms with Gasteiger partial charge in [0.2, 0.25) is 5.13 Å². The standard InChI is InChI=1S/C13H21N7OS/c1-7(10-17-18-11(14)22-10)15-12(21)16-9-6-8(13(2,3)4)19-20(9)5/h6-7H,1-5H3,(H2,14,18)(H2,15,16,21)/t7-/m0/s1. The Labute approximate surface area is 133 Å². The SMILES string of the molecule is C[C@H](NC(=O)Nc1cc(C(C)(C)C)nn1C)c1nnc(N)s1. The van der Waals surface area contributed by atoms with Gasteiger partial charge in [-0.15, -0.1) is 10.2 Å². The summed E-state index contributed by atoms with van der Waals surface area (Å²) in [6, 6.07) is 1.27. The number of hydrogen-bond acceptors (Lipinski definition) is 6. The van der Waals surface area contributed by atoms with E-state index in [2.05, 4.69) is 46.7 Å². The largest absolute Gasteiger partial charge is 0.374 e. The normalized spacial score (nSPS) is 13.0. The molecule has 1 atom stereocenters. The number of nitrogens with one attached hydrogen (secondary N) is 2. The minimum absolute atomic E-state index is 0.0778. The van der Waals surface area contributed by atoms with Crippen molar-refractivity contribution in [2.45, 2.75) is 39.2 Å². The summed E-state index contributed by atoms with van der Waals surface area (Å²) < 4.78 is 1.65. The summed E-state index contributed by atoms with van der Waals surface area (Å²) in [7, 11) is 1.79. The molecule has 2 aromatic rings. The molecular weight excluding hydrogens is 302 g/mol. The van der Waals surface area contributed by atoms with Crippen molar-refractivity contribution >= 4 is 28.3 Å². The third kappa shape index (κ3) is 3.73. The number of nitrogens with two attached hydrogens (primary N) is 1. The first-order valence-electron chi connectivity index (χ1n) is 6.87. The molecule has 0 aliphatic rings. The quantitative estimate of drug-likeness (QED) is 0.800. The second-order valence-electron chi connectivity index (χ2n) is 6.09. The van der Waals surface area contributed by atoms with Gasteiger partial charge in [-0.1, -0.05) is 32.1 Å². The van der Waals surface area contributed by atoms with Crippen molar-refractivity contribution in [2.75, 3.05) is 11.1 Å². The molecule has 2 heterocycles. The highest BCUT2D eigenvalue weighted by atomic mass is 32.1. The molecule has 0 saturated carbocycles. The maximum absolute atomic E-state index is 12.1. The Morgan fingerprint density at radius 1 is 1.41 bits per heavy atom. The predicted octanol–water partition coefficient (Wildman–Crippen LogP) is 2.03. The van der Waals surface area contributed by atoms with E-state index in [9.17, 15) is 4.79 Å². The topological polar surface area (TPSA) is 111 Å². The molecule has 9 heteroatoms. The van der Waals surface area contributed by atoms with Crippen LogP contribution in [0.5, 0.6) is 0 Å². The van der Waals surface area contributed by atoms with E-state index in [1.807, 2.05) is 13.0 Å². The fraction of sp³-hybridized carbons (Fsp3) is 0.538. The average Bonchev–Trinajstić information content (AvgIpc) is 2.96. The van der Waals surface area contributed by atoms with Crippen molar-refractivity contribution in [3.05, 3.63) is 16.8 Å². The lowest BCUT2D eigenvalue weighted by atomic mass is 9.92. The Hall–Kier alpha value is -2.16. The van der Waals surface area contributed by atoms with Crippen LogP contribution in [0, 0.1) is 0 Å². The lowest BCUT2D eigenvalue weighted by Gasteiger charge is -2.13. The molecular formula is C13H21N7OS. The summed E-state index contributed by atoms with van der Waals surface area (Å²) in [5.74, 6) is 0.631. The Morgan fingerprint density at radius 2 is 2.09 bits per heavy atom. The first-order chi connectivity index (χ1) is 10.2. The first kappa shape index (κ1) is 16.2. The molecule has 2 aromatic heterocycles. The number of rotatable bonds is 3. The van der Waals surface area contributed by atoms with Gasteiger partial charge in [-0.3, -0.25) is 10.00 Å². The fourth-order valence-electron chi connectivity index (χ4n) is 1.78. The maximum Gasteiger partial charge on any atom is 0.320 e. The van der Waals surface area contributed by atoms with E-state index in [0.717, 1.165) is 5.69 Å². The van der Waals surface area contributed by atoms with Crippen LogP contribution < -0.4 is 16.4 Å². The number of amides is 2. The van der Waals surface area contributed by atoms with Crippen LogP contribution in [0.15, 0.2) is 6.07 Å². The number of nitrogens with zero attached hydrogens (tertiary/aromatic N) is 4. The summed E-state index contributed by atoms with van der Waals surface area (Å²) in [5.41, 5.74) is 6.37. The number of aromatic nitrogens is 4. The van der Waals surface area contributed by atoms with Crippen molar-refractivity contribution in [2.24, 2.45) is 7.05 Å². The molecule has 0 fully saturated rings. The van der Waals surface area contributed by atoms with Crippen LogP contribution in [0.2, 0.25) is 0 Å². The fourth-order valence-corrected chi connectivity index (χ4v) is 2.40. The number of anilines is 2. The van der Waals surface area contributed by atoms with Crippen molar-refractivity contribution in [3.8, 4) is 0 Å². The molecule has 0 aliphatic carbocycles. The summed E-state index contributed by atoms with van der Waals surface area (Å²) in [6.45, 7) is 8.03. The second kappa shape index (κ2) is 5.91. The van der Waals surface area contributed by atoms with E-state index < -0.39 is 0 Å². The Balaban J connectivity index is 2.02. The van der Waals surface area contributed by atoms with Crippen LogP contribution in [0.4, 0.5) is 15.7 Å². The van der Waals surface area contributed by atoms with Gasteiger partial charge >= 0.3 is 6.03 Å². The predicted molar refractivity (Wildman–Crippen MR) is 86.8 cm³/mol. The summed E-state index contributed by atoms with van der Waals surface area (Å²) in [4.78, 5) is 12.1. The number of nitrogen functional groups attached to an aromatic ring is 1. The molecule has 0 saturated heterocycles. The van der Waals surface area contributed by atoms with Crippen molar-refractivity contribution in [1.82, 2.24) is 25.3 Å². The highest BCUT2D eigenvalue weighted by Gasteiger charge is 2.20. The summed E-state index contributed by atoms with van der Waals surface area (Å²) >= 11 is 1.25. The van der Waals surface area contributed by atoms with Crippen LogP contribution in [0.25, 0.3) is 0 Å². The summed E-state index contributed by atoms with van der Waals surface area (Å²) in [5, 5.41) is 18.7. The van der Waals surface area contributed by atoms with Crippen LogP contribution in [0.3, 0.4) is 0 Å². The van der Waals surface area contributed by atoms with Crippen LogP contribution in [-0.2, 0) is 12.5 Å². The second-order valence-corrected chi connectivity index (χ2v) is 7.13. The molecule has 2 rings (SSSR count). The number of aryl methyl sites for hydroxylation is 1. The Bertz CT molecular complexity index is 670. The van der Waals surface area contributed by atoms with Gasteiger partial charge in [0.1, 0.15) is 10.8 Å². The van der Waals surface area contributed by atoms with Gasteiger partial charge in [0, 0.05) is 18.5 Å². The maximum atomic E-state index is 12.1. The van der Waals surface area contributed by atoms with Gasteiger partial charge < -0.3 is 11.1 Å². The highest BCUT2D eigenvalue weighted by Crippen LogP contribution is 2.23. The average molecular weight is 323 g/mol. The van der Waals surface area contributed by atoms with Gasteiger partial charge in [0.15, 0.2) is 0 Å². The van der Waals surface area contributed by atoms with Crippen LogP contribution in [0.1, 0.15) is 44.4 Å². The number of carbonyl (C=O) groups excluding carboxylic acids is 1. The number of urea groups is 1. The molecule has 4 N–H and O–H groups in total. The first-order valence-corrected chi connectivity index (χ1v) is 7.69. The highest BCUT2D eigenvalue weighted by molar-refractivity contribution is 7.15. The van der Waals surface area contributed by atoms with Gasteiger partial charge in [-0.05, 0) is 6.92 Å². The van der Waals surface area contributed by atoms with Gasteiger partial charge in [-0.25, -0.2) is 4.79 Å². The lowest BCUT2D eigenvalue weighted by Crippen LogP contribution is -2.31. The van der Waals surface area contributed by atoms with E-state index in [0.29, 0.717) is 16.0 Å². The molecule has 0 radical (unpaired) electrons. The molecule has 0 aliphatic heterocycles. The van der Waals surface area contributed by atoms with E-state index in [-0.39, 0.29) is 17.5 Å². The minimum Gasteiger partial charge on any atom is -0.374 e. The van der Waals surface area contributed by atoms with E-state index >= 15 is 0 Å². The zero-order chi connectivity index (χ0) is 16.5. The van der Waals surface area contributed by atoms with E-state index in [1.165, 1.54) is 11.3 Å². The van der Waals surface area contributed by atoms with Gasteiger partial charge in [-0.2, -0.15) is 5.10 Å². The molecule has 0 aromatic carbocycles. The molecule has 22 heavy (non-hydrogen) atoms. The molecule has 8 nitrogen and oxygen atoms in total. The number of carbonyl (C=O) groups is 1. The van der Waals surface area contributed by atoms with Crippen LogP contribution >= 0.6 is 11.3 Å². The smallest absolute Gasteiger partial charge is 0.320 e. The molecule has 0 bridgehead atoms.